The monoisotopic (exact) mass is 356 g/mol. The van der Waals surface area contributed by atoms with Crippen LogP contribution < -0.4 is 23.0 Å². The summed E-state index contributed by atoms with van der Waals surface area (Å²) >= 11 is 3.39. The first kappa shape index (κ1) is 19.1. The summed E-state index contributed by atoms with van der Waals surface area (Å²) in [6.45, 7) is 1.77. The van der Waals surface area contributed by atoms with Gasteiger partial charge in [-0.05, 0) is 19.1 Å². The number of aryl methyl sites for hydroxylation is 1. The van der Waals surface area contributed by atoms with Gasteiger partial charge >= 0.3 is 0 Å². The van der Waals surface area contributed by atoms with Crippen molar-refractivity contribution in [3.05, 3.63) is 46.3 Å². The maximum absolute atomic E-state index is 11.7. The molecule has 0 bridgehead atoms. The fourth-order valence-electron chi connectivity index (χ4n) is 1.57. The second-order valence-electron chi connectivity index (χ2n) is 3.66. The number of nitrogens with one attached hydrogen (secondary N) is 1. The van der Waals surface area contributed by atoms with Crippen LogP contribution in [0.2, 0.25) is 0 Å². The molecule has 1 heterocycles. The largest absolute Gasteiger partial charge is 0.412 e. The first-order valence-electron chi connectivity index (χ1n) is 5.55. The first-order chi connectivity index (χ1) is 9.61. The highest BCUT2D eigenvalue weighted by Crippen LogP contribution is 2.24. The first-order valence-corrected chi connectivity index (χ1v) is 6.35. The predicted octanol–water partition coefficient (Wildman–Crippen LogP) is -0.188. The molecule has 1 amide bonds. The number of nitrogens with zero attached hydrogens (tertiary/aromatic N) is 2. The van der Waals surface area contributed by atoms with Crippen LogP contribution in [-0.2, 0) is 0 Å². The van der Waals surface area contributed by atoms with Gasteiger partial charge in [0.25, 0.3) is 5.91 Å². The standard InChI is InChI=1S/C12H11BrN4O.H4N2.H2O/c1-7-15-6-10(12(18)17-14)11(16-7)8-3-2-4-9(13)5-8;1-2;/h2-6H,14H2,1H3,(H,17,18);1-2H2;1H2. The molecule has 114 valence electrons. The maximum Gasteiger partial charge on any atom is 0.268 e. The van der Waals surface area contributed by atoms with Gasteiger partial charge in [0, 0.05) is 16.2 Å². The minimum Gasteiger partial charge on any atom is -0.412 e. The molecule has 8 nitrogen and oxygen atoms in total. The van der Waals surface area contributed by atoms with E-state index in [1.807, 2.05) is 24.3 Å². The number of nitrogen functional groups attached to an aromatic ring is 1. The smallest absolute Gasteiger partial charge is 0.268 e. The normalized spacial score (nSPS) is 9.00. The van der Waals surface area contributed by atoms with Gasteiger partial charge in [0.2, 0.25) is 0 Å². The van der Waals surface area contributed by atoms with Crippen LogP contribution in [0.5, 0.6) is 0 Å². The molecule has 1 aromatic carbocycles. The van der Waals surface area contributed by atoms with E-state index in [-0.39, 0.29) is 5.48 Å². The average molecular weight is 357 g/mol. The van der Waals surface area contributed by atoms with Crippen molar-refractivity contribution in [3.8, 4) is 11.3 Å². The Morgan fingerprint density at radius 1 is 1.33 bits per heavy atom. The molecule has 2 rings (SSSR count). The number of nitrogens with two attached hydrogens (primary N) is 3. The molecule has 0 aliphatic carbocycles. The van der Waals surface area contributed by atoms with Crippen LogP contribution >= 0.6 is 15.9 Å². The van der Waals surface area contributed by atoms with E-state index >= 15 is 0 Å². The Balaban J connectivity index is 0.00000128. The number of hydrogen-bond acceptors (Lipinski definition) is 6. The molecule has 0 aliphatic heterocycles. The number of benzene rings is 1. The van der Waals surface area contributed by atoms with E-state index in [4.69, 9.17) is 5.84 Å². The van der Waals surface area contributed by atoms with Crippen molar-refractivity contribution in [3.63, 3.8) is 0 Å². The Bertz CT molecular complexity index is 608. The van der Waals surface area contributed by atoms with Gasteiger partial charge in [-0.25, -0.2) is 15.8 Å². The zero-order valence-corrected chi connectivity index (χ0v) is 12.9. The van der Waals surface area contributed by atoms with Crippen LogP contribution in [-0.4, -0.2) is 21.4 Å². The van der Waals surface area contributed by atoms with E-state index in [2.05, 4.69) is 43.0 Å². The van der Waals surface area contributed by atoms with E-state index in [1.165, 1.54) is 6.20 Å². The number of hydrogen-bond donors (Lipinski definition) is 4. The van der Waals surface area contributed by atoms with Gasteiger partial charge in [-0.1, -0.05) is 28.1 Å². The Labute approximate surface area is 130 Å². The molecule has 0 unspecified atom stereocenters. The van der Waals surface area contributed by atoms with Crippen molar-refractivity contribution < 1.29 is 10.3 Å². The number of rotatable bonds is 2. The second kappa shape index (κ2) is 9.10. The van der Waals surface area contributed by atoms with Gasteiger partial charge in [-0.15, -0.1) is 0 Å². The van der Waals surface area contributed by atoms with Crippen LogP contribution in [0.25, 0.3) is 11.3 Å². The third-order valence-corrected chi connectivity index (χ3v) is 2.88. The average Bonchev–Trinajstić information content (AvgIpc) is 2.48. The van der Waals surface area contributed by atoms with E-state index in [9.17, 15) is 4.79 Å². The fraction of sp³-hybridized carbons (Fsp3) is 0.0833. The highest BCUT2D eigenvalue weighted by atomic mass is 79.9. The molecule has 21 heavy (non-hydrogen) atoms. The molecule has 0 aliphatic rings. The van der Waals surface area contributed by atoms with Gasteiger partial charge in [0.05, 0.1) is 11.3 Å². The Morgan fingerprint density at radius 2 is 2.00 bits per heavy atom. The molecule has 0 saturated heterocycles. The van der Waals surface area contributed by atoms with Gasteiger partial charge in [0.1, 0.15) is 5.82 Å². The van der Waals surface area contributed by atoms with E-state index in [0.717, 1.165) is 10.0 Å². The summed E-state index contributed by atoms with van der Waals surface area (Å²) in [5, 5.41) is 0. The van der Waals surface area contributed by atoms with Crippen LogP contribution in [0.4, 0.5) is 0 Å². The minimum atomic E-state index is -0.412. The molecule has 0 atom stereocenters. The molecule has 0 spiro atoms. The lowest BCUT2D eigenvalue weighted by molar-refractivity contribution is 0.0953. The van der Waals surface area contributed by atoms with Crippen molar-refractivity contribution in [2.24, 2.45) is 17.5 Å². The molecular weight excluding hydrogens is 340 g/mol. The van der Waals surface area contributed by atoms with Crippen LogP contribution in [0.1, 0.15) is 16.2 Å². The summed E-state index contributed by atoms with van der Waals surface area (Å²) in [6, 6.07) is 7.54. The van der Waals surface area contributed by atoms with Crippen molar-refractivity contribution >= 4 is 21.8 Å². The predicted molar refractivity (Wildman–Crippen MR) is 83.5 cm³/mol. The zero-order chi connectivity index (χ0) is 15.1. The fourth-order valence-corrected chi connectivity index (χ4v) is 1.97. The van der Waals surface area contributed by atoms with E-state index in [1.54, 1.807) is 6.92 Å². The lowest BCUT2D eigenvalue weighted by Gasteiger charge is -2.08. The van der Waals surface area contributed by atoms with Gasteiger partial charge in [0.15, 0.2) is 0 Å². The topological polar surface area (TPSA) is 164 Å². The van der Waals surface area contributed by atoms with Crippen molar-refractivity contribution in [2.75, 3.05) is 0 Å². The summed E-state index contributed by atoms with van der Waals surface area (Å²) in [5.74, 6) is 13.3. The summed E-state index contributed by atoms with van der Waals surface area (Å²) in [4.78, 5) is 20.0. The number of aromatic nitrogens is 2. The molecule has 2 aromatic rings. The molecule has 1 aromatic heterocycles. The summed E-state index contributed by atoms with van der Waals surface area (Å²) in [5.41, 5.74) is 3.83. The molecule has 9 heteroatoms. The van der Waals surface area contributed by atoms with E-state index in [0.29, 0.717) is 17.1 Å². The Kier molecular flexibility index (Phi) is 8.28. The molecule has 0 radical (unpaired) electrons. The quantitative estimate of drug-likeness (QED) is 0.330. The second-order valence-corrected chi connectivity index (χ2v) is 4.58. The third kappa shape index (κ3) is 4.85. The summed E-state index contributed by atoms with van der Waals surface area (Å²) in [6.07, 6.45) is 1.47. The van der Waals surface area contributed by atoms with Crippen LogP contribution in [0.15, 0.2) is 34.9 Å². The number of amides is 1. The van der Waals surface area contributed by atoms with Crippen LogP contribution in [0.3, 0.4) is 0 Å². The van der Waals surface area contributed by atoms with Crippen molar-refractivity contribution in [2.45, 2.75) is 6.92 Å². The number of halogens is 1. The van der Waals surface area contributed by atoms with Gasteiger partial charge < -0.3 is 5.48 Å². The lowest BCUT2D eigenvalue weighted by Crippen LogP contribution is -2.30. The van der Waals surface area contributed by atoms with Crippen molar-refractivity contribution in [1.82, 2.24) is 15.4 Å². The molecule has 0 saturated carbocycles. The third-order valence-electron chi connectivity index (χ3n) is 2.38. The summed E-state index contributed by atoms with van der Waals surface area (Å²) < 4.78 is 0.912. The lowest BCUT2D eigenvalue weighted by atomic mass is 10.1. The highest BCUT2D eigenvalue weighted by Gasteiger charge is 2.14. The molecular formula is C12H17BrN6O2. The van der Waals surface area contributed by atoms with Gasteiger partial charge in [-0.2, -0.15) is 0 Å². The zero-order valence-electron chi connectivity index (χ0n) is 11.3. The SMILES string of the molecule is Cc1ncc(C(=O)NN)c(-c2cccc(Br)c2)n1.NN.O. The minimum absolute atomic E-state index is 0. The maximum atomic E-state index is 11.7. The van der Waals surface area contributed by atoms with Crippen molar-refractivity contribution in [1.29, 1.82) is 0 Å². The molecule has 9 N–H and O–H groups in total. The number of carbonyl (C=O) groups is 1. The van der Waals surface area contributed by atoms with E-state index < -0.39 is 5.91 Å². The number of hydrazine groups is 2. The summed E-state index contributed by atoms with van der Waals surface area (Å²) in [7, 11) is 0. The molecule has 0 fully saturated rings. The highest BCUT2D eigenvalue weighted by molar-refractivity contribution is 9.10. The van der Waals surface area contributed by atoms with Crippen LogP contribution in [0, 0.1) is 6.92 Å². The Morgan fingerprint density at radius 3 is 2.57 bits per heavy atom. The number of carbonyl (C=O) groups excluding carboxylic acids is 1. The Hall–Kier alpha value is -1.91. The van der Waals surface area contributed by atoms with Gasteiger partial charge in [-0.3, -0.25) is 21.9 Å².